The van der Waals surface area contributed by atoms with Crippen molar-refractivity contribution in [1.82, 2.24) is 15.1 Å². The molecule has 3 aliphatic rings. The Bertz CT molecular complexity index is 670. The van der Waals surface area contributed by atoms with Crippen LogP contribution in [0.1, 0.15) is 19.8 Å². The maximum atomic E-state index is 12.2. The number of carboxylic acids is 1. The zero-order valence-corrected chi connectivity index (χ0v) is 16.5. The maximum absolute atomic E-state index is 12.2. The summed E-state index contributed by atoms with van der Waals surface area (Å²) in [5, 5.41) is 32.3. The van der Waals surface area contributed by atoms with Gasteiger partial charge in [0.2, 0.25) is 5.91 Å². The first-order valence-corrected chi connectivity index (χ1v) is 10.0. The number of rotatable bonds is 6. The van der Waals surface area contributed by atoms with Crippen LogP contribution in [-0.2, 0) is 9.59 Å². The van der Waals surface area contributed by atoms with Gasteiger partial charge in [-0.2, -0.15) is 0 Å². The van der Waals surface area contributed by atoms with Crippen molar-refractivity contribution in [3.05, 3.63) is 22.9 Å². The molecule has 0 aliphatic carbocycles. The summed E-state index contributed by atoms with van der Waals surface area (Å²) in [7, 11) is 3.95. The van der Waals surface area contributed by atoms with E-state index in [0.29, 0.717) is 10.9 Å². The number of nitrogens with one attached hydrogen (secondary N) is 1. The van der Waals surface area contributed by atoms with Gasteiger partial charge in [-0.15, -0.1) is 11.8 Å². The van der Waals surface area contributed by atoms with E-state index in [9.17, 15) is 24.9 Å². The van der Waals surface area contributed by atoms with Crippen molar-refractivity contribution < 1.29 is 24.9 Å². The molecule has 150 valence electrons. The van der Waals surface area contributed by atoms with Crippen LogP contribution in [0.25, 0.3) is 0 Å². The number of aliphatic hydroxyl groups excluding tert-OH is 1. The highest BCUT2D eigenvalue weighted by Crippen LogP contribution is 2.51. The molecule has 3 aliphatic heterocycles. The second-order valence-corrected chi connectivity index (χ2v) is 8.92. The third-order valence-electron chi connectivity index (χ3n) is 5.43. The maximum Gasteiger partial charge on any atom is 0.353 e. The molecule has 2 saturated heterocycles. The molecule has 27 heavy (non-hydrogen) atoms. The number of hydrogen-bond donors (Lipinski definition) is 4. The van der Waals surface area contributed by atoms with E-state index in [1.165, 1.54) is 16.7 Å². The molecule has 3 heterocycles. The van der Waals surface area contributed by atoms with Gasteiger partial charge in [0.15, 0.2) is 6.29 Å². The van der Waals surface area contributed by atoms with Gasteiger partial charge < -0.3 is 30.4 Å². The van der Waals surface area contributed by atoms with Crippen LogP contribution >= 0.6 is 11.8 Å². The van der Waals surface area contributed by atoms with Gasteiger partial charge in [0.25, 0.3) is 0 Å². The molecule has 4 N–H and O–H groups in total. The summed E-state index contributed by atoms with van der Waals surface area (Å²) in [6.07, 6.45) is 4.27. The Morgan fingerprint density at radius 1 is 1.37 bits per heavy atom. The van der Waals surface area contributed by atoms with E-state index in [0.717, 1.165) is 19.4 Å². The SMILES string of the molecule is C[C@H]1C(SC2CCC(/C=C/N(C)C)NC2)=C(C(=O)O)N2C(=O)[C@H](C(O)O)[C@H]12. The third-order valence-corrected chi connectivity index (χ3v) is 6.98. The highest BCUT2D eigenvalue weighted by molar-refractivity contribution is 8.03. The van der Waals surface area contributed by atoms with Crippen molar-refractivity contribution in [1.29, 1.82) is 0 Å². The molecular weight excluding hydrogens is 370 g/mol. The number of hydrogen-bond acceptors (Lipinski definition) is 7. The Labute approximate surface area is 162 Å². The van der Waals surface area contributed by atoms with Gasteiger partial charge in [-0.3, -0.25) is 4.79 Å². The third kappa shape index (κ3) is 3.73. The van der Waals surface area contributed by atoms with E-state index in [-0.39, 0.29) is 16.9 Å². The van der Waals surface area contributed by atoms with Crippen LogP contribution < -0.4 is 5.32 Å². The molecule has 0 saturated carbocycles. The van der Waals surface area contributed by atoms with Crippen molar-refractivity contribution in [2.24, 2.45) is 11.8 Å². The lowest BCUT2D eigenvalue weighted by molar-refractivity contribution is -0.184. The number of β-lactam (4-membered cyclic amide) rings is 1. The highest BCUT2D eigenvalue weighted by atomic mass is 32.2. The van der Waals surface area contributed by atoms with Gasteiger partial charge in [-0.05, 0) is 19.0 Å². The predicted octanol–water partition coefficient (Wildman–Crippen LogP) is -0.000900. The first-order valence-electron chi connectivity index (χ1n) is 9.13. The fraction of sp³-hybridized carbons (Fsp3) is 0.667. The summed E-state index contributed by atoms with van der Waals surface area (Å²) < 4.78 is 0. The summed E-state index contributed by atoms with van der Waals surface area (Å²) in [6.45, 7) is 2.61. The number of carbonyl (C=O) groups excluding carboxylic acids is 1. The van der Waals surface area contributed by atoms with Crippen LogP contribution in [0.15, 0.2) is 22.9 Å². The number of amides is 1. The second kappa shape index (κ2) is 7.83. The van der Waals surface area contributed by atoms with Gasteiger partial charge in [0.1, 0.15) is 11.6 Å². The van der Waals surface area contributed by atoms with Crippen LogP contribution in [-0.4, -0.2) is 81.3 Å². The van der Waals surface area contributed by atoms with Crippen molar-refractivity contribution in [2.45, 2.75) is 43.4 Å². The van der Waals surface area contributed by atoms with E-state index in [2.05, 4.69) is 11.4 Å². The van der Waals surface area contributed by atoms with Crippen LogP contribution in [0, 0.1) is 11.8 Å². The quantitative estimate of drug-likeness (QED) is 0.366. The van der Waals surface area contributed by atoms with E-state index in [1.807, 2.05) is 32.1 Å². The number of aliphatic carboxylic acids is 1. The van der Waals surface area contributed by atoms with Crippen LogP contribution in [0.5, 0.6) is 0 Å². The molecule has 0 radical (unpaired) electrons. The Hall–Kier alpha value is -1.55. The van der Waals surface area contributed by atoms with Gasteiger partial charge >= 0.3 is 5.97 Å². The summed E-state index contributed by atoms with van der Waals surface area (Å²) in [4.78, 5) is 27.9. The number of nitrogens with zero attached hydrogens (tertiary/aromatic N) is 2. The molecule has 3 rings (SSSR count). The molecule has 0 aromatic heterocycles. The molecule has 0 spiro atoms. The Balaban J connectivity index is 1.69. The first kappa shape index (κ1) is 20.2. The lowest BCUT2D eigenvalue weighted by atomic mass is 9.82. The predicted molar refractivity (Wildman–Crippen MR) is 101 cm³/mol. The standard InChI is InChI=1S/C18H27N3O5S/c1-9-13-12(17(23)24)16(22)21(13)14(18(25)26)15(9)27-11-5-4-10(19-8-11)6-7-20(2)3/h6-7,9-13,17,19,23-24H,4-5,8H2,1-3H3,(H,25,26)/b7-6+/t9-,10?,11?,12-,13+/m1/s1. The minimum atomic E-state index is -1.76. The lowest BCUT2D eigenvalue weighted by Gasteiger charge is -2.45. The molecule has 1 amide bonds. The average Bonchev–Trinajstić information content (AvgIpc) is 2.83. The Kier molecular flexibility index (Phi) is 5.85. The number of piperidine rings is 1. The van der Waals surface area contributed by atoms with Gasteiger partial charge in [0.05, 0.1) is 6.04 Å². The average molecular weight is 397 g/mol. The van der Waals surface area contributed by atoms with E-state index < -0.39 is 30.1 Å². The molecule has 5 atom stereocenters. The fourth-order valence-electron chi connectivity index (χ4n) is 4.06. The molecule has 0 bridgehead atoms. The molecule has 0 aromatic carbocycles. The summed E-state index contributed by atoms with van der Waals surface area (Å²) in [5.74, 6) is -2.83. The summed E-state index contributed by atoms with van der Waals surface area (Å²) in [5.41, 5.74) is 0.00836. The Morgan fingerprint density at radius 3 is 2.59 bits per heavy atom. The number of carboxylic acid groups (broad SMARTS) is 1. The van der Waals surface area contributed by atoms with Gasteiger partial charge in [-0.25, -0.2) is 4.79 Å². The normalized spacial score (nSPS) is 33.6. The van der Waals surface area contributed by atoms with E-state index >= 15 is 0 Å². The zero-order chi connectivity index (χ0) is 19.9. The molecule has 2 fully saturated rings. The van der Waals surface area contributed by atoms with E-state index in [1.54, 1.807) is 0 Å². The van der Waals surface area contributed by atoms with Crippen molar-refractivity contribution >= 4 is 23.6 Å². The molecule has 8 nitrogen and oxygen atoms in total. The number of carbonyl (C=O) groups is 2. The lowest BCUT2D eigenvalue weighted by Crippen LogP contribution is -2.64. The monoisotopic (exact) mass is 397 g/mol. The Morgan fingerprint density at radius 2 is 2.07 bits per heavy atom. The molecule has 0 aromatic rings. The van der Waals surface area contributed by atoms with Gasteiger partial charge in [-0.1, -0.05) is 13.0 Å². The topological polar surface area (TPSA) is 113 Å². The highest BCUT2D eigenvalue weighted by Gasteiger charge is 2.60. The van der Waals surface area contributed by atoms with Crippen LogP contribution in [0.3, 0.4) is 0 Å². The van der Waals surface area contributed by atoms with Crippen LogP contribution in [0.2, 0.25) is 0 Å². The number of aliphatic hydroxyl groups is 2. The van der Waals surface area contributed by atoms with Crippen molar-refractivity contribution in [2.75, 3.05) is 20.6 Å². The van der Waals surface area contributed by atoms with Crippen molar-refractivity contribution in [3.8, 4) is 0 Å². The van der Waals surface area contributed by atoms with Gasteiger partial charge in [0, 0.05) is 42.8 Å². The largest absolute Gasteiger partial charge is 0.477 e. The smallest absolute Gasteiger partial charge is 0.353 e. The molecular formula is C18H27N3O5S. The van der Waals surface area contributed by atoms with Crippen LogP contribution in [0.4, 0.5) is 0 Å². The zero-order valence-electron chi connectivity index (χ0n) is 15.7. The second-order valence-electron chi connectivity index (χ2n) is 7.58. The van der Waals surface area contributed by atoms with E-state index in [4.69, 9.17) is 0 Å². The first-order chi connectivity index (χ1) is 12.7. The minimum absolute atomic E-state index is 0.00836. The van der Waals surface area contributed by atoms with Crippen molar-refractivity contribution in [3.63, 3.8) is 0 Å². The number of thioether (sulfide) groups is 1. The summed E-state index contributed by atoms with van der Waals surface area (Å²) >= 11 is 1.51. The minimum Gasteiger partial charge on any atom is -0.477 e. The number of fused-ring (bicyclic) bond motifs is 1. The molecule has 9 heteroatoms. The fourth-order valence-corrected chi connectivity index (χ4v) is 5.51. The molecule has 2 unspecified atom stereocenters. The summed E-state index contributed by atoms with van der Waals surface area (Å²) in [6, 6.07) is -0.188.